The molecule has 2 nitrogen and oxygen atoms in total. The van der Waals surface area contributed by atoms with Crippen LogP contribution in [0.15, 0.2) is 34.7 Å². The van der Waals surface area contributed by atoms with Gasteiger partial charge in [0.1, 0.15) is 5.78 Å². The highest BCUT2D eigenvalue weighted by Crippen LogP contribution is 2.11. The number of aryl methyl sites for hydroxylation is 1. The van der Waals surface area contributed by atoms with Crippen LogP contribution in [0.2, 0.25) is 0 Å². The molecule has 0 fully saturated rings. The van der Waals surface area contributed by atoms with Crippen LogP contribution in [0.5, 0.6) is 0 Å². The minimum absolute atomic E-state index is 0.345. The Labute approximate surface area is 104 Å². The number of ketones is 1. The molecule has 0 spiro atoms. The van der Waals surface area contributed by atoms with Gasteiger partial charge in [0.05, 0.1) is 12.5 Å². The summed E-state index contributed by atoms with van der Waals surface area (Å²) in [4.78, 5) is 11.6. The molecule has 1 aromatic rings. The van der Waals surface area contributed by atoms with Gasteiger partial charge in [0, 0.05) is 12.8 Å². The lowest BCUT2D eigenvalue weighted by molar-refractivity contribution is -0.119. The Morgan fingerprint density at radius 2 is 2.24 bits per heavy atom. The van der Waals surface area contributed by atoms with Crippen LogP contribution in [0.4, 0.5) is 0 Å². The van der Waals surface area contributed by atoms with Crippen molar-refractivity contribution in [3.05, 3.63) is 35.8 Å². The van der Waals surface area contributed by atoms with Crippen LogP contribution in [0.25, 0.3) is 0 Å². The van der Waals surface area contributed by atoms with Gasteiger partial charge in [0.15, 0.2) is 0 Å². The molecule has 0 saturated heterocycles. The van der Waals surface area contributed by atoms with Gasteiger partial charge in [-0.2, -0.15) is 0 Å². The number of hydrogen-bond acceptors (Lipinski definition) is 2. The Bertz CT molecular complexity index is 358. The molecule has 1 heterocycles. The maximum atomic E-state index is 11.6. The molecule has 0 saturated carbocycles. The molecular formula is C15H22O2. The van der Waals surface area contributed by atoms with E-state index >= 15 is 0 Å². The second-order valence-electron chi connectivity index (χ2n) is 5.03. The lowest BCUT2D eigenvalue weighted by atomic mass is 10.0. The Balaban J connectivity index is 2.27. The fraction of sp³-hybridized carbons (Fsp3) is 0.533. The van der Waals surface area contributed by atoms with Gasteiger partial charge in [0.2, 0.25) is 0 Å². The zero-order valence-corrected chi connectivity index (χ0v) is 11.0. The van der Waals surface area contributed by atoms with Crippen molar-refractivity contribution in [1.29, 1.82) is 0 Å². The highest BCUT2D eigenvalue weighted by atomic mass is 16.3. The van der Waals surface area contributed by atoms with E-state index in [0.717, 1.165) is 12.8 Å². The van der Waals surface area contributed by atoms with Crippen LogP contribution in [0, 0.1) is 5.92 Å². The Hall–Kier alpha value is -1.31. The topological polar surface area (TPSA) is 30.2 Å². The molecular weight excluding hydrogens is 212 g/mol. The summed E-state index contributed by atoms with van der Waals surface area (Å²) in [6.07, 6.45) is 8.86. The van der Waals surface area contributed by atoms with Crippen molar-refractivity contribution in [1.82, 2.24) is 0 Å². The van der Waals surface area contributed by atoms with Crippen molar-refractivity contribution in [3.63, 3.8) is 0 Å². The summed E-state index contributed by atoms with van der Waals surface area (Å²) >= 11 is 0. The molecule has 0 aromatic carbocycles. The average Bonchev–Trinajstić information content (AvgIpc) is 2.68. The van der Waals surface area contributed by atoms with E-state index < -0.39 is 0 Å². The summed E-state index contributed by atoms with van der Waals surface area (Å²) < 4.78 is 5.01. The van der Waals surface area contributed by atoms with Gasteiger partial charge in [0.25, 0.3) is 0 Å². The molecule has 0 N–H and O–H groups in total. The second-order valence-corrected chi connectivity index (χ2v) is 5.03. The van der Waals surface area contributed by atoms with Crippen molar-refractivity contribution in [2.45, 2.75) is 46.5 Å². The standard InChI is InChI=1S/C15H22O2/c1-12(2)9-15(16)10-13(3)5-4-6-14-7-8-17-11-14/h5,7-8,11-12H,4,6,9-10H2,1-3H3. The third-order valence-corrected chi connectivity index (χ3v) is 2.62. The van der Waals surface area contributed by atoms with Gasteiger partial charge in [-0.05, 0) is 37.3 Å². The predicted octanol–water partition coefficient (Wildman–Crippen LogP) is 4.16. The molecule has 2 heteroatoms. The van der Waals surface area contributed by atoms with Crippen molar-refractivity contribution in [3.8, 4) is 0 Å². The molecule has 0 bridgehead atoms. The number of hydrogen-bond donors (Lipinski definition) is 0. The maximum Gasteiger partial charge on any atom is 0.137 e. The van der Waals surface area contributed by atoms with E-state index in [9.17, 15) is 4.79 Å². The normalized spacial score (nSPS) is 12.1. The highest BCUT2D eigenvalue weighted by Gasteiger charge is 2.05. The second kappa shape index (κ2) is 7.10. The van der Waals surface area contributed by atoms with Crippen LogP contribution in [0.3, 0.4) is 0 Å². The quantitative estimate of drug-likeness (QED) is 0.663. The van der Waals surface area contributed by atoms with Crippen LogP contribution < -0.4 is 0 Å². The average molecular weight is 234 g/mol. The zero-order chi connectivity index (χ0) is 12.7. The van der Waals surface area contributed by atoms with Crippen molar-refractivity contribution in [2.75, 3.05) is 0 Å². The number of carbonyl (C=O) groups is 1. The first-order valence-corrected chi connectivity index (χ1v) is 6.26. The van der Waals surface area contributed by atoms with Crippen LogP contribution >= 0.6 is 0 Å². The van der Waals surface area contributed by atoms with Gasteiger partial charge < -0.3 is 4.42 Å². The molecule has 0 aliphatic carbocycles. The summed E-state index contributed by atoms with van der Waals surface area (Å²) in [5, 5.41) is 0. The van der Waals surface area contributed by atoms with Crippen LogP contribution in [-0.4, -0.2) is 5.78 Å². The van der Waals surface area contributed by atoms with E-state index in [1.165, 1.54) is 11.1 Å². The minimum atomic E-state index is 0.345. The lowest BCUT2D eigenvalue weighted by Gasteiger charge is -2.04. The maximum absolute atomic E-state index is 11.6. The third kappa shape index (κ3) is 6.10. The van der Waals surface area contributed by atoms with Gasteiger partial charge in [-0.1, -0.05) is 25.5 Å². The first-order valence-electron chi connectivity index (χ1n) is 6.26. The van der Waals surface area contributed by atoms with Crippen LogP contribution in [-0.2, 0) is 11.2 Å². The molecule has 0 aliphatic rings. The van der Waals surface area contributed by atoms with Crippen molar-refractivity contribution in [2.24, 2.45) is 5.92 Å². The van der Waals surface area contributed by atoms with Gasteiger partial charge in [-0.25, -0.2) is 0 Å². The van der Waals surface area contributed by atoms with E-state index in [1.807, 2.05) is 13.0 Å². The first kappa shape index (κ1) is 13.8. The largest absolute Gasteiger partial charge is 0.472 e. The third-order valence-electron chi connectivity index (χ3n) is 2.62. The van der Waals surface area contributed by atoms with Crippen LogP contribution in [0.1, 0.15) is 45.6 Å². The van der Waals surface area contributed by atoms with E-state index in [0.29, 0.717) is 24.5 Å². The van der Waals surface area contributed by atoms with Gasteiger partial charge >= 0.3 is 0 Å². The summed E-state index contributed by atoms with van der Waals surface area (Å²) in [5.74, 6) is 0.804. The van der Waals surface area contributed by atoms with Gasteiger partial charge in [-0.15, -0.1) is 0 Å². The molecule has 0 radical (unpaired) electrons. The predicted molar refractivity (Wildman–Crippen MR) is 69.9 cm³/mol. The summed E-state index contributed by atoms with van der Waals surface area (Å²) in [7, 11) is 0. The molecule has 0 unspecified atom stereocenters. The molecule has 1 rings (SSSR count). The molecule has 0 aliphatic heterocycles. The number of allylic oxidation sites excluding steroid dienone is 2. The Morgan fingerprint density at radius 3 is 2.82 bits per heavy atom. The Morgan fingerprint density at radius 1 is 1.47 bits per heavy atom. The number of Topliss-reactive ketones (excluding diaryl/α,β-unsaturated/α-hetero) is 1. The van der Waals surface area contributed by atoms with Gasteiger partial charge in [-0.3, -0.25) is 4.79 Å². The number of carbonyl (C=O) groups excluding carboxylic acids is 1. The molecule has 0 atom stereocenters. The van der Waals surface area contributed by atoms with Crippen molar-refractivity contribution < 1.29 is 9.21 Å². The van der Waals surface area contributed by atoms with E-state index in [4.69, 9.17) is 4.42 Å². The summed E-state index contributed by atoms with van der Waals surface area (Å²) in [6, 6.07) is 1.98. The fourth-order valence-electron chi connectivity index (χ4n) is 1.83. The molecule has 17 heavy (non-hydrogen) atoms. The summed E-state index contributed by atoms with van der Waals surface area (Å²) in [5.41, 5.74) is 2.39. The van der Waals surface area contributed by atoms with E-state index in [-0.39, 0.29) is 0 Å². The van der Waals surface area contributed by atoms with E-state index in [2.05, 4.69) is 19.9 Å². The molecule has 94 valence electrons. The fourth-order valence-corrected chi connectivity index (χ4v) is 1.83. The monoisotopic (exact) mass is 234 g/mol. The van der Waals surface area contributed by atoms with Crippen molar-refractivity contribution >= 4 is 5.78 Å². The Kier molecular flexibility index (Phi) is 5.75. The lowest BCUT2D eigenvalue weighted by Crippen LogP contribution is -2.03. The number of rotatable bonds is 7. The van der Waals surface area contributed by atoms with E-state index in [1.54, 1.807) is 12.5 Å². The highest BCUT2D eigenvalue weighted by molar-refractivity contribution is 5.80. The first-order chi connectivity index (χ1) is 8.08. The summed E-state index contributed by atoms with van der Waals surface area (Å²) in [6.45, 7) is 6.19. The molecule has 1 aromatic heterocycles. The minimum Gasteiger partial charge on any atom is -0.472 e. The zero-order valence-electron chi connectivity index (χ0n) is 11.0. The SMILES string of the molecule is CC(=CCCc1ccoc1)CC(=O)CC(C)C. The smallest absolute Gasteiger partial charge is 0.137 e. The number of furan rings is 1. The molecule has 0 amide bonds.